The first-order valence-corrected chi connectivity index (χ1v) is 7.57. The first kappa shape index (κ1) is 11.1. The van der Waals surface area contributed by atoms with Gasteiger partial charge in [0.25, 0.3) is 0 Å². The van der Waals surface area contributed by atoms with Gasteiger partial charge >= 0.3 is 0 Å². The van der Waals surface area contributed by atoms with E-state index in [1.807, 2.05) is 0 Å². The fourth-order valence-electron chi connectivity index (χ4n) is 2.66. The minimum absolute atomic E-state index is 0.231. The van der Waals surface area contributed by atoms with Crippen molar-refractivity contribution in [2.45, 2.75) is 46.2 Å². The Morgan fingerprint density at radius 1 is 1.20 bits per heavy atom. The van der Waals surface area contributed by atoms with Crippen LogP contribution in [0.15, 0.2) is 12.1 Å². The van der Waals surface area contributed by atoms with Crippen LogP contribution in [0.5, 0.6) is 0 Å². The summed E-state index contributed by atoms with van der Waals surface area (Å²) in [6, 6.07) is 4.71. The Morgan fingerprint density at radius 2 is 1.80 bits per heavy atom. The molecular weight excluding hydrogens is 199 g/mol. The van der Waals surface area contributed by atoms with Gasteiger partial charge in [0, 0.05) is 0 Å². The number of hydrogen-bond donors (Lipinski definition) is 0. The molecule has 1 aliphatic heterocycles. The van der Waals surface area contributed by atoms with E-state index in [1.165, 1.54) is 35.7 Å². The second kappa shape index (κ2) is 4.26. The van der Waals surface area contributed by atoms with E-state index in [0.29, 0.717) is 0 Å². The van der Waals surface area contributed by atoms with Crippen LogP contribution in [0.25, 0.3) is 0 Å². The first-order chi connectivity index (χ1) is 7.13. The summed E-state index contributed by atoms with van der Waals surface area (Å²) in [5.74, 6) is 0. The van der Waals surface area contributed by atoms with Gasteiger partial charge in [0.05, 0.1) is 0 Å². The third-order valence-corrected chi connectivity index (χ3v) is 6.23. The zero-order valence-electron chi connectivity index (χ0n) is 10.3. The normalized spacial score (nSPS) is 24.3. The molecule has 1 heterocycles. The van der Waals surface area contributed by atoms with Crippen molar-refractivity contribution in [1.29, 1.82) is 0 Å². The molecule has 1 aromatic carbocycles. The summed E-state index contributed by atoms with van der Waals surface area (Å²) < 4.78 is 0. The highest BCUT2D eigenvalue weighted by Gasteiger charge is 2.38. The van der Waals surface area contributed by atoms with Crippen molar-refractivity contribution in [2.75, 3.05) is 6.16 Å². The van der Waals surface area contributed by atoms with Crippen LogP contribution >= 0.6 is 7.92 Å². The molecule has 0 amide bonds. The van der Waals surface area contributed by atoms with E-state index in [4.69, 9.17) is 0 Å². The van der Waals surface area contributed by atoms with Gasteiger partial charge in [-0.2, -0.15) is 0 Å². The number of aryl methyl sites for hydroxylation is 3. The molecule has 0 nitrogen and oxygen atoms in total. The average Bonchev–Trinajstić information content (AvgIpc) is 2.82. The fraction of sp³-hybridized carbons (Fsp3) is 0.571. The van der Waals surface area contributed by atoms with E-state index >= 15 is 0 Å². The molecule has 1 aromatic rings. The zero-order chi connectivity index (χ0) is 11.0. The highest BCUT2D eigenvalue weighted by atomic mass is 31.1. The van der Waals surface area contributed by atoms with Gasteiger partial charge in [0.15, 0.2) is 0 Å². The third kappa shape index (κ3) is 2.26. The third-order valence-electron chi connectivity index (χ3n) is 3.26. The van der Waals surface area contributed by atoms with Crippen LogP contribution in [-0.4, -0.2) is 11.8 Å². The number of rotatable bonds is 3. The molecule has 0 spiro atoms. The molecule has 2 atom stereocenters. The van der Waals surface area contributed by atoms with Crippen molar-refractivity contribution in [3.63, 3.8) is 0 Å². The smallest absolute Gasteiger partial charge is 0.0126 e. The van der Waals surface area contributed by atoms with E-state index in [9.17, 15) is 0 Å². The molecule has 1 heteroatoms. The summed E-state index contributed by atoms with van der Waals surface area (Å²) in [6.07, 6.45) is 4.29. The SMILES string of the molecule is CCCC1CP1c1c(C)cc(C)cc1C. The topological polar surface area (TPSA) is 0 Å². The monoisotopic (exact) mass is 220 g/mol. The molecule has 1 fully saturated rings. The van der Waals surface area contributed by atoms with E-state index in [-0.39, 0.29) is 7.92 Å². The summed E-state index contributed by atoms with van der Waals surface area (Å²) >= 11 is 0. The second-order valence-electron chi connectivity index (χ2n) is 4.84. The van der Waals surface area contributed by atoms with Crippen LogP contribution in [0.3, 0.4) is 0 Å². The van der Waals surface area contributed by atoms with Crippen molar-refractivity contribution < 1.29 is 0 Å². The van der Waals surface area contributed by atoms with Crippen molar-refractivity contribution in [3.8, 4) is 0 Å². The molecule has 15 heavy (non-hydrogen) atoms. The lowest BCUT2D eigenvalue weighted by atomic mass is 10.1. The molecule has 82 valence electrons. The Hall–Kier alpha value is -0.350. The summed E-state index contributed by atoms with van der Waals surface area (Å²) in [5.41, 5.74) is 5.54. The lowest BCUT2D eigenvalue weighted by Gasteiger charge is -2.11. The molecule has 0 aliphatic carbocycles. The van der Waals surface area contributed by atoms with Crippen LogP contribution in [0, 0.1) is 20.8 Å². The molecule has 1 saturated heterocycles. The van der Waals surface area contributed by atoms with Crippen molar-refractivity contribution >= 4 is 13.2 Å². The van der Waals surface area contributed by atoms with E-state index in [0.717, 1.165) is 5.66 Å². The summed E-state index contributed by atoms with van der Waals surface area (Å²) in [4.78, 5) is 0. The number of hydrogen-bond acceptors (Lipinski definition) is 0. The van der Waals surface area contributed by atoms with Crippen LogP contribution in [0.2, 0.25) is 0 Å². The highest BCUT2D eigenvalue weighted by molar-refractivity contribution is 7.73. The molecule has 1 aliphatic rings. The molecule has 0 bridgehead atoms. The molecule has 2 rings (SSSR count). The Balaban J connectivity index is 2.23. The lowest BCUT2D eigenvalue weighted by molar-refractivity contribution is 0.829. The molecular formula is C14H21P. The summed E-state index contributed by atoms with van der Waals surface area (Å²) in [7, 11) is 0.231. The minimum atomic E-state index is 0.231. The van der Waals surface area contributed by atoms with E-state index in [1.54, 1.807) is 5.30 Å². The van der Waals surface area contributed by atoms with Crippen molar-refractivity contribution in [2.24, 2.45) is 0 Å². The summed E-state index contributed by atoms with van der Waals surface area (Å²) in [6.45, 7) is 9.09. The Bertz CT molecular complexity index is 345. The second-order valence-corrected chi connectivity index (χ2v) is 7.32. The predicted molar refractivity (Wildman–Crippen MR) is 70.8 cm³/mol. The molecule has 2 unspecified atom stereocenters. The average molecular weight is 220 g/mol. The predicted octanol–water partition coefficient (Wildman–Crippen LogP) is 3.90. The van der Waals surface area contributed by atoms with Crippen LogP contribution in [-0.2, 0) is 0 Å². The van der Waals surface area contributed by atoms with Gasteiger partial charge in [-0.1, -0.05) is 39.0 Å². The largest absolute Gasteiger partial charge is 0.0706 e. The van der Waals surface area contributed by atoms with Gasteiger partial charge in [-0.25, -0.2) is 0 Å². The number of benzene rings is 1. The zero-order valence-corrected chi connectivity index (χ0v) is 11.2. The van der Waals surface area contributed by atoms with Crippen LogP contribution < -0.4 is 5.30 Å². The van der Waals surface area contributed by atoms with E-state index in [2.05, 4.69) is 39.8 Å². The lowest BCUT2D eigenvalue weighted by Crippen LogP contribution is -2.06. The quantitative estimate of drug-likeness (QED) is 0.678. The van der Waals surface area contributed by atoms with Gasteiger partial charge in [-0.3, -0.25) is 0 Å². The maximum atomic E-state index is 2.35. The van der Waals surface area contributed by atoms with Crippen LogP contribution in [0.1, 0.15) is 36.5 Å². The highest BCUT2D eigenvalue weighted by Crippen LogP contribution is 2.60. The van der Waals surface area contributed by atoms with Crippen molar-refractivity contribution in [1.82, 2.24) is 0 Å². The maximum absolute atomic E-state index is 2.35. The molecule has 0 aromatic heterocycles. The van der Waals surface area contributed by atoms with E-state index < -0.39 is 0 Å². The summed E-state index contributed by atoms with van der Waals surface area (Å²) in [5, 5.41) is 1.72. The molecule has 0 saturated carbocycles. The van der Waals surface area contributed by atoms with Crippen LogP contribution in [0.4, 0.5) is 0 Å². The Labute approximate surface area is 94.8 Å². The van der Waals surface area contributed by atoms with Gasteiger partial charge in [0.1, 0.15) is 0 Å². The van der Waals surface area contributed by atoms with Gasteiger partial charge in [-0.15, -0.1) is 0 Å². The van der Waals surface area contributed by atoms with Crippen molar-refractivity contribution in [3.05, 3.63) is 28.8 Å². The molecule has 0 radical (unpaired) electrons. The fourth-order valence-corrected chi connectivity index (χ4v) is 5.60. The minimum Gasteiger partial charge on any atom is -0.0706 e. The van der Waals surface area contributed by atoms with Gasteiger partial charge in [-0.05, 0) is 55.4 Å². The van der Waals surface area contributed by atoms with Gasteiger partial charge < -0.3 is 0 Å². The standard InChI is InChI=1S/C14H21P/c1-5-6-13-9-15(13)14-11(3)7-10(2)8-12(14)4/h7-8,13H,5-6,9H2,1-4H3. The molecule has 0 N–H and O–H groups in total. The van der Waals surface area contributed by atoms with Gasteiger partial charge in [0.2, 0.25) is 0 Å². The Kier molecular flexibility index (Phi) is 3.16. The first-order valence-electron chi connectivity index (χ1n) is 5.98. The maximum Gasteiger partial charge on any atom is -0.0126 e. The Morgan fingerprint density at radius 3 is 2.33 bits per heavy atom.